The highest BCUT2D eigenvalue weighted by molar-refractivity contribution is 6.06. The molecule has 1 spiro atoms. The summed E-state index contributed by atoms with van der Waals surface area (Å²) >= 11 is 0. The first-order valence-electron chi connectivity index (χ1n) is 9.76. The van der Waals surface area contributed by atoms with Crippen LogP contribution in [0.1, 0.15) is 29.5 Å². The summed E-state index contributed by atoms with van der Waals surface area (Å²) in [6.07, 6.45) is 2.85. The Morgan fingerprint density at radius 1 is 0.926 bits per heavy atom. The van der Waals surface area contributed by atoms with Crippen LogP contribution in [-0.4, -0.2) is 37.2 Å². The van der Waals surface area contributed by atoms with Gasteiger partial charge in [-0.05, 0) is 36.5 Å². The van der Waals surface area contributed by atoms with Gasteiger partial charge in [-0.2, -0.15) is 0 Å². The van der Waals surface area contributed by atoms with E-state index in [0.29, 0.717) is 19.9 Å². The van der Waals surface area contributed by atoms with E-state index in [1.165, 1.54) is 11.1 Å². The number of ether oxygens (including phenoxy) is 2. The fraction of sp³-hybridized carbons (Fsp3) is 0.409. The zero-order valence-electron chi connectivity index (χ0n) is 15.4. The van der Waals surface area contributed by atoms with E-state index in [1.807, 2.05) is 29.2 Å². The van der Waals surface area contributed by atoms with Crippen LogP contribution in [0.3, 0.4) is 0 Å². The molecule has 3 aliphatic heterocycles. The average Bonchev–Trinajstić information content (AvgIpc) is 2.88. The van der Waals surface area contributed by atoms with Gasteiger partial charge in [-0.1, -0.05) is 42.5 Å². The number of rotatable bonds is 2. The normalized spacial score (nSPS) is 21.8. The average molecular weight is 364 g/mol. The summed E-state index contributed by atoms with van der Waals surface area (Å²) in [5.41, 5.74) is 4.51. The Morgan fingerprint density at radius 3 is 2.44 bits per heavy atom. The second-order valence-corrected chi connectivity index (χ2v) is 7.48. The molecule has 3 aliphatic rings. The second-order valence-electron chi connectivity index (χ2n) is 7.48. The minimum Gasteiger partial charge on any atom is -0.338 e. The van der Waals surface area contributed by atoms with Crippen molar-refractivity contribution >= 4 is 11.6 Å². The Hall–Kier alpha value is -2.21. The lowest BCUT2D eigenvalue weighted by Crippen LogP contribution is -2.48. The maximum atomic E-state index is 13.5. The summed E-state index contributed by atoms with van der Waals surface area (Å²) in [5.74, 6) is -1.36. The van der Waals surface area contributed by atoms with Gasteiger partial charge in [0.1, 0.15) is 0 Å². The fourth-order valence-electron chi connectivity index (χ4n) is 4.36. The van der Waals surface area contributed by atoms with Gasteiger partial charge in [-0.3, -0.25) is 14.6 Å². The largest absolute Gasteiger partial charge is 0.338 e. The smallest absolute Gasteiger partial charge is 0.293 e. The number of carbonyl (C=O) groups excluding carboxylic acids is 1. The third-order valence-electron chi connectivity index (χ3n) is 5.78. The Bertz CT molecular complexity index is 858. The third kappa shape index (κ3) is 2.78. The summed E-state index contributed by atoms with van der Waals surface area (Å²) in [6.45, 7) is 3.45. The molecular weight excluding hydrogens is 340 g/mol. The van der Waals surface area contributed by atoms with Crippen LogP contribution in [0.15, 0.2) is 48.5 Å². The summed E-state index contributed by atoms with van der Waals surface area (Å²) in [4.78, 5) is 17.6. The number of fused-ring (bicyclic) bond motifs is 3. The molecular formula is C22H24N2O3. The third-order valence-corrected chi connectivity index (χ3v) is 5.78. The fourth-order valence-corrected chi connectivity index (χ4v) is 4.36. The Kier molecular flexibility index (Phi) is 4.23. The van der Waals surface area contributed by atoms with E-state index in [-0.39, 0.29) is 5.91 Å². The lowest BCUT2D eigenvalue weighted by molar-refractivity contribution is -0.223. The number of carbonyl (C=O) groups is 1. The summed E-state index contributed by atoms with van der Waals surface area (Å²) < 4.78 is 12.1. The van der Waals surface area contributed by atoms with Crippen LogP contribution >= 0.6 is 0 Å². The van der Waals surface area contributed by atoms with Gasteiger partial charge in [0, 0.05) is 18.7 Å². The molecule has 5 nitrogen and oxygen atoms in total. The molecule has 5 heteroatoms. The van der Waals surface area contributed by atoms with Crippen LogP contribution in [0.2, 0.25) is 0 Å². The number of amides is 1. The first-order valence-corrected chi connectivity index (χ1v) is 9.76. The van der Waals surface area contributed by atoms with Crippen molar-refractivity contribution in [1.82, 2.24) is 4.90 Å². The van der Waals surface area contributed by atoms with E-state index in [4.69, 9.17) is 9.47 Å². The topological polar surface area (TPSA) is 42.0 Å². The molecule has 0 N–H and O–H groups in total. The molecule has 1 saturated heterocycles. The number of anilines is 1. The number of hydrogen-bond acceptors (Lipinski definition) is 4. The van der Waals surface area contributed by atoms with E-state index in [9.17, 15) is 4.79 Å². The lowest BCUT2D eigenvalue weighted by atomic mass is 10.0. The van der Waals surface area contributed by atoms with Crippen LogP contribution in [0, 0.1) is 0 Å². The molecule has 0 aromatic heterocycles. The SMILES string of the molecule is O=C1N(CN2CCc3ccccc3C2)c2ccccc2C12OCCCCO2. The second kappa shape index (κ2) is 6.75. The number of nitrogens with zero attached hydrogens (tertiary/aromatic N) is 2. The van der Waals surface area contributed by atoms with Crippen molar-refractivity contribution in [2.75, 3.05) is 31.3 Å². The molecule has 2 aromatic rings. The van der Waals surface area contributed by atoms with Gasteiger partial charge in [0.2, 0.25) is 0 Å². The van der Waals surface area contributed by atoms with Crippen molar-refractivity contribution in [3.63, 3.8) is 0 Å². The maximum absolute atomic E-state index is 13.5. The standard InChI is InChI=1S/C22H24N2O3/c25-21-22(26-13-5-6-14-27-22)19-9-3-4-10-20(19)24(21)16-23-12-11-17-7-1-2-8-18(17)15-23/h1-4,7-10H,5-6,11-16H2. The van der Waals surface area contributed by atoms with Gasteiger partial charge in [0.25, 0.3) is 11.7 Å². The molecule has 0 aliphatic carbocycles. The first-order chi connectivity index (χ1) is 13.3. The molecule has 0 saturated carbocycles. The van der Waals surface area contributed by atoms with Crippen molar-refractivity contribution in [3.8, 4) is 0 Å². The van der Waals surface area contributed by atoms with Crippen LogP contribution in [0.5, 0.6) is 0 Å². The lowest BCUT2D eigenvalue weighted by Gasteiger charge is -2.33. The molecule has 1 fully saturated rings. The summed E-state index contributed by atoms with van der Waals surface area (Å²) in [7, 11) is 0. The highest BCUT2D eigenvalue weighted by Crippen LogP contribution is 2.44. The van der Waals surface area contributed by atoms with Crippen molar-refractivity contribution in [2.24, 2.45) is 0 Å². The van der Waals surface area contributed by atoms with Crippen molar-refractivity contribution in [2.45, 2.75) is 31.6 Å². The molecule has 0 bridgehead atoms. The summed E-state index contributed by atoms with van der Waals surface area (Å²) in [5, 5.41) is 0. The van der Waals surface area contributed by atoms with E-state index in [2.05, 4.69) is 29.2 Å². The maximum Gasteiger partial charge on any atom is 0.293 e. The molecule has 1 amide bonds. The van der Waals surface area contributed by atoms with Crippen molar-refractivity contribution in [3.05, 3.63) is 65.2 Å². The molecule has 27 heavy (non-hydrogen) atoms. The predicted octanol–water partition coefficient (Wildman–Crippen LogP) is 3.03. The van der Waals surface area contributed by atoms with Gasteiger partial charge >= 0.3 is 0 Å². The minimum atomic E-state index is -1.26. The number of para-hydroxylation sites is 1. The minimum absolute atomic E-state index is 0.0931. The Balaban J connectivity index is 1.44. The quantitative estimate of drug-likeness (QED) is 0.822. The van der Waals surface area contributed by atoms with Crippen molar-refractivity contribution < 1.29 is 14.3 Å². The molecule has 5 rings (SSSR count). The van der Waals surface area contributed by atoms with Gasteiger partial charge < -0.3 is 9.47 Å². The van der Waals surface area contributed by atoms with Crippen molar-refractivity contribution in [1.29, 1.82) is 0 Å². The van der Waals surface area contributed by atoms with Gasteiger partial charge in [0.05, 0.1) is 25.6 Å². The molecule has 0 radical (unpaired) electrons. The van der Waals surface area contributed by atoms with Gasteiger partial charge in [0.15, 0.2) is 0 Å². The van der Waals surface area contributed by atoms with E-state index < -0.39 is 5.79 Å². The predicted molar refractivity (Wildman–Crippen MR) is 102 cm³/mol. The monoisotopic (exact) mass is 364 g/mol. The van der Waals surface area contributed by atoms with Crippen LogP contribution in [-0.2, 0) is 33.0 Å². The molecule has 0 atom stereocenters. The Labute approximate surface area is 159 Å². The Morgan fingerprint density at radius 2 is 1.63 bits per heavy atom. The van der Waals surface area contributed by atoms with Crippen LogP contribution < -0.4 is 4.90 Å². The van der Waals surface area contributed by atoms with Gasteiger partial charge in [-0.25, -0.2) is 0 Å². The van der Waals surface area contributed by atoms with E-state index in [1.54, 1.807) is 0 Å². The highest BCUT2D eigenvalue weighted by Gasteiger charge is 2.54. The van der Waals surface area contributed by atoms with E-state index >= 15 is 0 Å². The molecule has 140 valence electrons. The molecule has 3 heterocycles. The van der Waals surface area contributed by atoms with Gasteiger partial charge in [-0.15, -0.1) is 0 Å². The zero-order valence-corrected chi connectivity index (χ0v) is 15.4. The zero-order chi connectivity index (χ0) is 18.3. The molecule has 0 unspecified atom stereocenters. The highest BCUT2D eigenvalue weighted by atomic mass is 16.7. The number of benzene rings is 2. The summed E-state index contributed by atoms with van der Waals surface area (Å²) in [6, 6.07) is 16.4. The number of hydrogen-bond donors (Lipinski definition) is 0. The first kappa shape index (κ1) is 16.9. The molecule has 2 aromatic carbocycles. The van der Waals surface area contributed by atoms with Crippen LogP contribution in [0.4, 0.5) is 5.69 Å². The van der Waals surface area contributed by atoms with E-state index in [0.717, 1.165) is 43.6 Å². The van der Waals surface area contributed by atoms with Crippen LogP contribution in [0.25, 0.3) is 0 Å².